The quantitative estimate of drug-likeness (QED) is 0.872. The summed E-state index contributed by atoms with van der Waals surface area (Å²) in [5, 5.41) is 12.6. The molecule has 2 rings (SSSR count). The molecule has 0 aliphatic rings. The van der Waals surface area contributed by atoms with Crippen LogP contribution in [0.4, 0.5) is 0 Å². The van der Waals surface area contributed by atoms with Crippen LogP contribution in [0.1, 0.15) is 16.1 Å². The van der Waals surface area contributed by atoms with Crippen LogP contribution in [0, 0.1) is 0 Å². The van der Waals surface area contributed by atoms with Gasteiger partial charge in [-0.1, -0.05) is 5.16 Å². The summed E-state index contributed by atoms with van der Waals surface area (Å²) in [7, 11) is 4.62. The third kappa shape index (κ3) is 2.82. The Kier molecular flexibility index (Phi) is 4.44. The fourth-order valence-electron chi connectivity index (χ4n) is 2.02. The fourth-order valence-corrected chi connectivity index (χ4v) is 2.02. The minimum absolute atomic E-state index is 0.240. The van der Waals surface area contributed by atoms with Crippen LogP contribution >= 0.6 is 0 Å². The number of nitrogens with zero attached hydrogens (tertiary/aromatic N) is 1. The molecule has 0 bridgehead atoms. The molecule has 1 heterocycles. The SMILES string of the molecule is COCc1c(OC)ccc(-c2cc(C(=O)O)on2)c1OC. The Morgan fingerprint density at radius 3 is 2.57 bits per heavy atom. The maximum atomic E-state index is 10.9. The zero-order valence-electron chi connectivity index (χ0n) is 11.9. The van der Waals surface area contributed by atoms with Gasteiger partial charge < -0.3 is 23.8 Å². The Hall–Kier alpha value is -2.54. The maximum Gasteiger partial charge on any atom is 0.374 e. The van der Waals surface area contributed by atoms with Crippen molar-refractivity contribution in [3.05, 3.63) is 29.5 Å². The summed E-state index contributed by atoms with van der Waals surface area (Å²) in [4.78, 5) is 10.9. The van der Waals surface area contributed by atoms with Crippen molar-refractivity contribution in [3.63, 3.8) is 0 Å². The lowest BCUT2D eigenvalue weighted by Gasteiger charge is -2.15. The normalized spacial score (nSPS) is 10.4. The van der Waals surface area contributed by atoms with Crippen LogP contribution in [-0.2, 0) is 11.3 Å². The summed E-state index contributed by atoms with van der Waals surface area (Å²) in [6.07, 6.45) is 0. The molecule has 0 spiro atoms. The molecular weight excluding hydrogens is 278 g/mol. The van der Waals surface area contributed by atoms with Crippen molar-refractivity contribution >= 4 is 5.97 Å². The molecule has 1 aromatic heterocycles. The Bertz CT molecular complexity index is 649. The molecule has 0 saturated carbocycles. The predicted molar refractivity (Wildman–Crippen MR) is 72.7 cm³/mol. The molecule has 7 nitrogen and oxygen atoms in total. The fraction of sp³-hybridized carbons (Fsp3) is 0.286. The largest absolute Gasteiger partial charge is 0.496 e. The topological polar surface area (TPSA) is 91.0 Å². The van der Waals surface area contributed by atoms with Crippen molar-refractivity contribution < 1.29 is 28.6 Å². The Labute approximate surface area is 121 Å². The maximum absolute atomic E-state index is 10.9. The van der Waals surface area contributed by atoms with Gasteiger partial charge in [-0.05, 0) is 12.1 Å². The number of aromatic nitrogens is 1. The number of hydrogen-bond acceptors (Lipinski definition) is 6. The van der Waals surface area contributed by atoms with Gasteiger partial charge in [0, 0.05) is 18.7 Å². The summed E-state index contributed by atoms with van der Waals surface area (Å²) < 4.78 is 20.6. The molecule has 0 aliphatic heterocycles. The van der Waals surface area contributed by atoms with Crippen molar-refractivity contribution in [2.75, 3.05) is 21.3 Å². The standard InChI is InChI=1S/C14H15NO6/c1-18-7-9-11(19-2)5-4-8(13(9)20-3)10-6-12(14(16)17)21-15-10/h4-6H,7H2,1-3H3,(H,16,17). The van der Waals surface area contributed by atoms with E-state index in [0.717, 1.165) is 0 Å². The van der Waals surface area contributed by atoms with E-state index >= 15 is 0 Å². The van der Waals surface area contributed by atoms with Crippen LogP contribution in [-0.4, -0.2) is 37.6 Å². The third-order valence-corrected chi connectivity index (χ3v) is 2.93. The second-order valence-electron chi connectivity index (χ2n) is 4.14. The number of benzene rings is 1. The minimum atomic E-state index is -1.18. The predicted octanol–water partition coefficient (Wildman–Crippen LogP) is 2.20. The Balaban J connectivity index is 2.56. The van der Waals surface area contributed by atoms with E-state index in [0.29, 0.717) is 28.3 Å². The van der Waals surface area contributed by atoms with Gasteiger partial charge in [0.1, 0.15) is 17.2 Å². The highest BCUT2D eigenvalue weighted by Crippen LogP contribution is 2.38. The first-order chi connectivity index (χ1) is 10.1. The third-order valence-electron chi connectivity index (χ3n) is 2.93. The molecule has 0 saturated heterocycles. The van der Waals surface area contributed by atoms with E-state index in [4.69, 9.17) is 23.8 Å². The lowest BCUT2D eigenvalue weighted by atomic mass is 10.0. The van der Waals surface area contributed by atoms with Gasteiger partial charge in [0.25, 0.3) is 0 Å². The van der Waals surface area contributed by atoms with Crippen LogP contribution < -0.4 is 9.47 Å². The zero-order valence-corrected chi connectivity index (χ0v) is 11.9. The summed E-state index contributed by atoms with van der Waals surface area (Å²) >= 11 is 0. The number of aromatic carboxylic acids is 1. The lowest BCUT2D eigenvalue weighted by molar-refractivity contribution is 0.0652. The second-order valence-corrected chi connectivity index (χ2v) is 4.14. The molecule has 1 aromatic carbocycles. The van der Waals surface area contributed by atoms with Crippen LogP contribution in [0.3, 0.4) is 0 Å². The summed E-state index contributed by atoms with van der Waals surface area (Å²) in [6, 6.07) is 4.80. The average molecular weight is 293 g/mol. The van der Waals surface area contributed by atoms with Crippen LogP contribution in [0.2, 0.25) is 0 Å². The molecule has 0 unspecified atom stereocenters. The summed E-state index contributed by atoms with van der Waals surface area (Å²) in [5.74, 6) is -0.310. The van der Waals surface area contributed by atoms with Crippen LogP contribution in [0.15, 0.2) is 22.7 Å². The first-order valence-corrected chi connectivity index (χ1v) is 6.05. The molecule has 1 N–H and O–H groups in total. The lowest BCUT2D eigenvalue weighted by Crippen LogP contribution is -2.00. The molecule has 0 atom stereocenters. The Morgan fingerprint density at radius 1 is 1.29 bits per heavy atom. The number of methoxy groups -OCH3 is 3. The van der Waals surface area contributed by atoms with Crippen LogP contribution in [0.5, 0.6) is 11.5 Å². The molecule has 0 amide bonds. The van der Waals surface area contributed by atoms with Gasteiger partial charge in [-0.15, -0.1) is 0 Å². The zero-order chi connectivity index (χ0) is 15.4. The first-order valence-electron chi connectivity index (χ1n) is 6.05. The van der Waals surface area contributed by atoms with E-state index in [2.05, 4.69) is 5.16 Å². The van der Waals surface area contributed by atoms with Gasteiger partial charge in [-0.2, -0.15) is 0 Å². The van der Waals surface area contributed by atoms with Crippen molar-refractivity contribution in [1.82, 2.24) is 5.16 Å². The van der Waals surface area contributed by atoms with E-state index in [1.54, 1.807) is 26.4 Å². The number of carbonyl (C=O) groups is 1. The summed E-state index contributed by atoms with van der Waals surface area (Å²) in [5.41, 5.74) is 1.67. The number of hydrogen-bond donors (Lipinski definition) is 1. The average Bonchev–Trinajstić information content (AvgIpc) is 2.97. The van der Waals surface area contributed by atoms with E-state index in [-0.39, 0.29) is 12.4 Å². The molecule has 0 fully saturated rings. The van der Waals surface area contributed by atoms with Gasteiger partial charge in [-0.25, -0.2) is 4.79 Å². The molecule has 2 aromatic rings. The molecule has 21 heavy (non-hydrogen) atoms. The van der Waals surface area contributed by atoms with Crippen molar-refractivity contribution in [2.24, 2.45) is 0 Å². The van der Waals surface area contributed by atoms with Crippen molar-refractivity contribution in [2.45, 2.75) is 6.61 Å². The highest BCUT2D eigenvalue weighted by Gasteiger charge is 2.20. The molecule has 0 aliphatic carbocycles. The molecular formula is C14H15NO6. The number of carboxylic acids is 1. The van der Waals surface area contributed by atoms with E-state index in [1.807, 2.05) is 0 Å². The van der Waals surface area contributed by atoms with Gasteiger partial charge in [-0.3, -0.25) is 0 Å². The van der Waals surface area contributed by atoms with Crippen molar-refractivity contribution in [1.29, 1.82) is 0 Å². The van der Waals surface area contributed by atoms with Gasteiger partial charge in [0.2, 0.25) is 5.76 Å². The molecule has 0 radical (unpaired) electrons. The number of rotatable bonds is 6. The van der Waals surface area contributed by atoms with Crippen LogP contribution in [0.25, 0.3) is 11.3 Å². The smallest absolute Gasteiger partial charge is 0.374 e. The van der Waals surface area contributed by atoms with Crippen molar-refractivity contribution in [3.8, 4) is 22.8 Å². The van der Waals surface area contributed by atoms with E-state index in [9.17, 15) is 4.79 Å². The first kappa shape index (κ1) is 14.9. The van der Waals surface area contributed by atoms with E-state index in [1.165, 1.54) is 13.2 Å². The monoisotopic (exact) mass is 293 g/mol. The van der Waals surface area contributed by atoms with Gasteiger partial charge in [0.05, 0.1) is 26.4 Å². The number of carboxylic acid groups (broad SMARTS) is 1. The van der Waals surface area contributed by atoms with E-state index < -0.39 is 5.97 Å². The second kappa shape index (κ2) is 6.27. The summed E-state index contributed by atoms with van der Waals surface area (Å²) in [6.45, 7) is 0.282. The Morgan fingerprint density at radius 2 is 2.05 bits per heavy atom. The molecule has 7 heteroatoms. The highest BCUT2D eigenvalue weighted by molar-refractivity contribution is 5.86. The molecule has 112 valence electrons. The minimum Gasteiger partial charge on any atom is -0.496 e. The van der Waals surface area contributed by atoms with Gasteiger partial charge >= 0.3 is 5.97 Å². The van der Waals surface area contributed by atoms with Gasteiger partial charge in [0.15, 0.2) is 0 Å². The number of ether oxygens (including phenoxy) is 3. The highest BCUT2D eigenvalue weighted by atomic mass is 16.5.